The summed E-state index contributed by atoms with van der Waals surface area (Å²) in [6.07, 6.45) is 7.07. The number of Topliss-reactive ketones (excluding diaryl/α,β-unsaturated/α-hetero) is 1. The van der Waals surface area contributed by atoms with E-state index in [-0.39, 0.29) is 29.7 Å². The van der Waals surface area contributed by atoms with Gasteiger partial charge in [-0.05, 0) is 38.7 Å². The largest absolute Gasteiger partial charge is 0.369 e. The van der Waals surface area contributed by atoms with Gasteiger partial charge in [0.1, 0.15) is 5.82 Å². The molecule has 0 radical (unpaired) electrons. The standard InChI is InChI=1S/C23H30N4O2/c1-22(2)13-18(16-9-5-3-6-10-16)26-20-17(15-25-27(20)22)19(28)14-23(21(24)29)11-7-4-8-12-23/h3,5-6,9-10,15,18,26H,4,7-8,11-14H2,1-2H3,(H2,24,29). The van der Waals surface area contributed by atoms with E-state index in [2.05, 4.69) is 36.4 Å². The van der Waals surface area contributed by atoms with Gasteiger partial charge in [-0.1, -0.05) is 49.6 Å². The molecule has 4 rings (SSSR count). The molecule has 1 aliphatic carbocycles. The van der Waals surface area contributed by atoms with E-state index >= 15 is 0 Å². The molecule has 0 saturated heterocycles. The summed E-state index contributed by atoms with van der Waals surface area (Å²) in [5.41, 5.74) is 6.56. The molecular weight excluding hydrogens is 364 g/mol. The van der Waals surface area contributed by atoms with Crippen LogP contribution in [0.15, 0.2) is 36.5 Å². The predicted molar refractivity (Wildman–Crippen MR) is 113 cm³/mol. The van der Waals surface area contributed by atoms with Gasteiger partial charge in [0.25, 0.3) is 0 Å². The number of fused-ring (bicyclic) bond motifs is 1. The monoisotopic (exact) mass is 394 g/mol. The highest BCUT2D eigenvalue weighted by Crippen LogP contribution is 2.43. The van der Waals surface area contributed by atoms with Crippen LogP contribution in [0.3, 0.4) is 0 Å². The van der Waals surface area contributed by atoms with Crippen LogP contribution >= 0.6 is 0 Å². The average molecular weight is 395 g/mol. The van der Waals surface area contributed by atoms with E-state index in [0.29, 0.717) is 18.4 Å². The van der Waals surface area contributed by atoms with Gasteiger partial charge in [0.05, 0.1) is 28.8 Å². The summed E-state index contributed by atoms with van der Waals surface area (Å²) in [7, 11) is 0. The summed E-state index contributed by atoms with van der Waals surface area (Å²) in [6, 6.07) is 10.4. The molecule has 2 aliphatic rings. The summed E-state index contributed by atoms with van der Waals surface area (Å²) < 4.78 is 1.91. The van der Waals surface area contributed by atoms with Crippen molar-refractivity contribution >= 4 is 17.5 Å². The van der Waals surface area contributed by atoms with Crippen molar-refractivity contribution in [3.63, 3.8) is 0 Å². The van der Waals surface area contributed by atoms with Crippen molar-refractivity contribution in [1.29, 1.82) is 0 Å². The van der Waals surface area contributed by atoms with Crippen LogP contribution in [-0.4, -0.2) is 21.5 Å². The van der Waals surface area contributed by atoms with Crippen LogP contribution in [0.25, 0.3) is 0 Å². The Balaban J connectivity index is 1.65. The van der Waals surface area contributed by atoms with E-state index < -0.39 is 5.41 Å². The molecule has 1 amide bonds. The Hall–Kier alpha value is -2.63. The highest BCUT2D eigenvalue weighted by molar-refractivity contribution is 6.03. The zero-order chi connectivity index (χ0) is 20.6. The van der Waals surface area contributed by atoms with Crippen LogP contribution in [-0.2, 0) is 10.3 Å². The minimum absolute atomic E-state index is 0.0519. The molecular formula is C23H30N4O2. The van der Waals surface area contributed by atoms with Gasteiger partial charge in [-0.2, -0.15) is 5.10 Å². The number of ketones is 1. The second kappa shape index (κ2) is 7.32. The first-order valence-corrected chi connectivity index (χ1v) is 10.6. The van der Waals surface area contributed by atoms with Crippen molar-refractivity contribution in [2.45, 2.75) is 70.4 Å². The number of primary amides is 1. The molecule has 2 aromatic rings. The third-order valence-corrected chi connectivity index (χ3v) is 6.69. The first-order chi connectivity index (χ1) is 13.8. The lowest BCUT2D eigenvalue weighted by molar-refractivity contribution is -0.129. The maximum Gasteiger partial charge on any atom is 0.224 e. The Morgan fingerprint density at radius 3 is 2.52 bits per heavy atom. The van der Waals surface area contributed by atoms with Gasteiger partial charge in [-0.15, -0.1) is 0 Å². The first kappa shape index (κ1) is 19.7. The topological polar surface area (TPSA) is 90.0 Å². The van der Waals surface area contributed by atoms with Gasteiger partial charge in [-0.3, -0.25) is 9.59 Å². The molecule has 0 bridgehead atoms. The first-order valence-electron chi connectivity index (χ1n) is 10.6. The smallest absolute Gasteiger partial charge is 0.224 e. The summed E-state index contributed by atoms with van der Waals surface area (Å²) in [4.78, 5) is 25.6. The molecule has 3 N–H and O–H groups in total. The van der Waals surface area contributed by atoms with E-state index in [1.54, 1.807) is 6.20 Å². The number of amides is 1. The fraction of sp³-hybridized carbons (Fsp3) is 0.522. The molecule has 1 atom stereocenters. The summed E-state index contributed by atoms with van der Waals surface area (Å²) in [5.74, 6) is 0.349. The van der Waals surface area contributed by atoms with Crippen molar-refractivity contribution in [1.82, 2.24) is 9.78 Å². The third kappa shape index (κ3) is 3.56. The zero-order valence-electron chi connectivity index (χ0n) is 17.3. The highest BCUT2D eigenvalue weighted by atomic mass is 16.1. The Morgan fingerprint density at radius 1 is 1.17 bits per heavy atom. The van der Waals surface area contributed by atoms with Gasteiger partial charge in [0.2, 0.25) is 5.91 Å². The van der Waals surface area contributed by atoms with E-state index in [1.165, 1.54) is 5.56 Å². The Labute approximate surface area is 171 Å². The molecule has 6 nitrogen and oxygen atoms in total. The van der Waals surface area contributed by atoms with Crippen molar-refractivity contribution in [2.75, 3.05) is 5.32 Å². The Kier molecular flexibility index (Phi) is 4.97. The second-order valence-electron chi connectivity index (χ2n) is 9.25. The van der Waals surface area contributed by atoms with E-state index in [0.717, 1.165) is 31.5 Å². The Morgan fingerprint density at radius 2 is 1.86 bits per heavy atom. The van der Waals surface area contributed by atoms with Crippen molar-refractivity contribution in [2.24, 2.45) is 11.1 Å². The fourth-order valence-corrected chi connectivity index (χ4v) is 4.98. The average Bonchev–Trinajstić information content (AvgIpc) is 3.14. The van der Waals surface area contributed by atoms with Crippen molar-refractivity contribution in [3.8, 4) is 0 Å². The van der Waals surface area contributed by atoms with Gasteiger partial charge in [0, 0.05) is 6.42 Å². The van der Waals surface area contributed by atoms with Crippen molar-refractivity contribution < 1.29 is 9.59 Å². The highest BCUT2D eigenvalue weighted by Gasteiger charge is 2.42. The number of nitrogens with one attached hydrogen (secondary N) is 1. The van der Waals surface area contributed by atoms with E-state index in [1.807, 2.05) is 22.9 Å². The molecule has 1 aliphatic heterocycles. The molecule has 1 aromatic carbocycles. The molecule has 0 spiro atoms. The molecule has 154 valence electrons. The molecule has 6 heteroatoms. The zero-order valence-corrected chi connectivity index (χ0v) is 17.3. The summed E-state index contributed by atoms with van der Waals surface area (Å²) in [5, 5.41) is 8.08. The second-order valence-corrected chi connectivity index (χ2v) is 9.25. The van der Waals surface area contributed by atoms with Crippen molar-refractivity contribution in [3.05, 3.63) is 47.7 Å². The third-order valence-electron chi connectivity index (χ3n) is 6.69. The predicted octanol–water partition coefficient (Wildman–Crippen LogP) is 4.18. The lowest BCUT2D eigenvalue weighted by atomic mass is 9.70. The lowest BCUT2D eigenvalue weighted by Crippen LogP contribution is -2.41. The number of carbonyl (C=O) groups is 2. The van der Waals surface area contributed by atoms with Crippen LogP contribution in [0, 0.1) is 5.41 Å². The summed E-state index contributed by atoms with van der Waals surface area (Å²) in [6.45, 7) is 4.28. The van der Waals surface area contributed by atoms with E-state index in [4.69, 9.17) is 5.73 Å². The molecule has 1 unspecified atom stereocenters. The maximum atomic E-state index is 13.3. The number of rotatable bonds is 5. The van der Waals surface area contributed by atoms with Gasteiger partial charge in [0.15, 0.2) is 5.78 Å². The van der Waals surface area contributed by atoms with Gasteiger partial charge in [-0.25, -0.2) is 4.68 Å². The molecule has 1 aromatic heterocycles. The van der Waals surface area contributed by atoms with Gasteiger partial charge < -0.3 is 11.1 Å². The summed E-state index contributed by atoms with van der Waals surface area (Å²) >= 11 is 0. The molecule has 29 heavy (non-hydrogen) atoms. The maximum absolute atomic E-state index is 13.3. The number of benzene rings is 1. The number of aromatic nitrogens is 2. The van der Waals surface area contributed by atoms with Crippen LogP contribution < -0.4 is 11.1 Å². The SMILES string of the molecule is CC1(C)CC(c2ccccc2)Nc2c(C(=O)CC3(C(N)=O)CCCCC3)cnn21. The van der Waals surface area contributed by atoms with Crippen LogP contribution in [0.2, 0.25) is 0 Å². The van der Waals surface area contributed by atoms with Crippen LogP contribution in [0.4, 0.5) is 5.82 Å². The van der Waals surface area contributed by atoms with Gasteiger partial charge >= 0.3 is 0 Å². The minimum Gasteiger partial charge on any atom is -0.369 e. The minimum atomic E-state index is -0.715. The number of hydrogen-bond acceptors (Lipinski definition) is 4. The van der Waals surface area contributed by atoms with Crippen LogP contribution in [0.5, 0.6) is 0 Å². The molecule has 1 saturated carbocycles. The number of nitrogens with two attached hydrogens (primary N) is 1. The fourth-order valence-electron chi connectivity index (χ4n) is 4.98. The number of anilines is 1. The number of carbonyl (C=O) groups excluding carboxylic acids is 2. The van der Waals surface area contributed by atoms with Crippen LogP contribution in [0.1, 0.15) is 80.8 Å². The molecule has 1 fully saturated rings. The van der Waals surface area contributed by atoms with E-state index in [9.17, 15) is 9.59 Å². The number of nitrogens with zero attached hydrogens (tertiary/aromatic N) is 2. The lowest BCUT2D eigenvalue weighted by Gasteiger charge is -2.38. The quantitative estimate of drug-likeness (QED) is 0.744. The normalized spacial score (nSPS) is 22.3. The molecule has 2 heterocycles. The number of hydrogen-bond donors (Lipinski definition) is 2. The Bertz CT molecular complexity index is 910.